The van der Waals surface area contributed by atoms with Crippen LogP contribution in [0.4, 0.5) is 0 Å². The monoisotopic (exact) mass is 576 g/mol. The molecule has 0 aromatic heterocycles. The van der Waals surface area contributed by atoms with E-state index in [2.05, 4.69) is 13.5 Å². The molecule has 0 bridgehead atoms. The smallest absolute Gasteiger partial charge is 0.333 e. The SMILES string of the molecule is C=C(C)C(=O)OCCOCCOCCOCCOCCOCCOCCOC(=O)CCCCCCCCCCC. The minimum Gasteiger partial charge on any atom is -0.463 e. The van der Waals surface area contributed by atoms with Crippen molar-refractivity contribution >= 4 is 11.9 Å². The van der Waals surface area contributed by atoms with Gasteiger partial charge in [-0.2, -0.15) is 0 Å². The third-order valence-corrected chi connectivity index (χ3v) is 5.64. The topological polar surface area (TPSA) is 108 Å². The fourth-order valence-corrected chi connectivity index (χ4v) is 3.38. The van der Waals surface area contributed by atoms with Gasteiger partial charge in [-0.15, -0.1) is 0 Å². The average Bonchev–Trinajstić information content (AvgIpc) is 2.94. The quantitative estimate of drug-likeness (QED) is 0.0637. The molecule has 0 amide bonds. The van der Waals surface area contributed by atoms with Gasteiger partial charge in [-0.25, -0.2) is 4.79 Å². The molecular weight excluding hydrogens is 520 g/mol. The highest BCUT2D eigenvalue weighted by molar-refractivity contribution is 5.86. The zero-order chi connectivity index (χ0) is 29.4. The summed E-state index contributed by atoms with van der Waals surface area (Å²) in [5.41, 5.74) is 0.371. The Balaban J connectivity index is 3.15. The molecule has 0 aromatic rings. The van der Waals surface area contributed by atoms with Gasteiger partial charge < -0.3 is 37.9 Å². The van der Waals surface area contributed by atoms with Gasteiger partial charge in [-0.3, -0.25) is 4.79 Å². The molecule has 0 spiro atoms. The Labute approximate surface area is 242 Å². The van der Waals surface area contributed by atoms with E-state index < -0.39 is 5.97 Å². The van der Waals surface area contributed by atoms with Crippen LogP contribution in [-0.2, 0) is 47.5 Å². The van der Waals surface area contributed by atoms with Gasteiger partial charge >= 0.3 is 11.9 Å². The molecule has 0 atom stereocenters. The minimum absolute atomic E-state index is 0.140. The first-order valence-electron chi connectivity index (χ1n) is 15.0. The van der Waals surface area contributed by atoms with Gasteiger partial charge in [0.1, 0.15) is 13.2 Å². The lowest BCUT2D eigenvalue weighted by atomic mass is 10.1. The molecular formula is C30H56O10. The number of carbonyl (C=O) groups is 2. The van der Waals surface area contributed by atoms with Crippen molar-refractivity contribution in [2.75, 3.05) is 92.5 Å². The molecule has 0 aromatic carbocycles. The van der Waals surface area contributed by atoms with E-state index in [9.17, 15) is 9.59 Å². The summed E-state index contributed by atoms with van der Waals surface area (Å²) in [6, 6.07) is 0. The molecule has 40 heavy (non-hydrogen) atoms. The second-order valence-corrected chi connectivity index (χ2v) is 9.39. The molecule has 10 heteroatoms. The molecule has 0 N–H and O–H groups in total. The maximum absolute atomic E-state index is 11.7. The zero-order valence-corrected chi connectivity index (χ0v) is 25.3. The first kappa shape index (κ1) is 38.4. The van der Waals surface area contributed by atoms with Crippen LogP contribution in [0, 0.1) is 0 Å². The van der Waals surface area contributed by atoms with E-state index in [-0.39, 0.29) is 19.2 Å². The van der Waals surface area contributed by atoms with Crippen LogP contribution in [0.25, 0.3) is 0 Å². The summed E-state index contributed by atoms with van der Waals surface area (Å²) in [4.78, 5) is 22.9. The fraction of sp³-hybridized carbons (Fsp3) is 0.867. The van der Waals surface area contributed by atoms with Gasteiger partial charge in [0.25, 0.3) is 0 Å². The van der Waals surface area contributed by atoms with Crippen LogP contribution in [0.5, 0.6) is 0 Å². The number of rotatable bonds is 32. The van der Waals surface area contributed by atoms with Crippen LogP contribution < -0.4 is 0 Å². The van der Waals surface area contributed by atoms with Gasteiger partial charge in [0.05, 0.1) is 79.3 Å². The van der Waals surface area contributed by atoms with Crippen molar-refractivity contribution < 1.29 is 47.5 Å². The molecule has 236 valence electrons. The minimum atomic E-state index is -0.412. The Hall–Kier alpha value is -1.56. The van der Waals surface area contributed by atoms with Gasteiger partial charge in [-0.05, 0) is 13.3 Å². The van der Waals surface area contributed by atoms with Crippen molar-refractivity contribution in [3.05, 3.63) is 12.2 Å². The molecule has 0 rings (SSSR count). The molecule has 0 radical (unpaired) electrons. The Kier molecular flexibility index (Phi) is 30.7. The summed E-state index contributed by atoms with van der Waals surface area (Å²) in [6.45, 7) is 13.2. The molecule has 0 saturated heterocycles. The second kappa shape index (κ2) is 32.0. The number of carbonyl (C=O) groups excluding carboxylic acids is 2. The molecule has 0 fully saturated rings. The third-order valence-electron chi connectivity index (χ3n) is 5.64. The van der Waals surface area contributed by atoms with E-state index in [4.69, 9.17) is 37.9 Å². The van der Waals surface area contributed by atoms with Crippen molar-refractivity contribution in [3.63, 3.8) is 0 Å². The molecule has 0 unspecified atom stereocenters. The van der Waals surface area contributed by atoms with Crippen molar-refractivity contribution in [2.45, 2.75) is 78.1 Å². The van der Waals surface area contributed by atoms with E-state index in [1.54, 1.807) is 6.92 Å². The highest BCUT2D eigenvalue weighted by Crippen LogP contribution is 2.10. The fourth-order valence-electron chi connectivity index (χ4n) is 3.38. The summed E-state index contributed by atoms with van der Waals surface area (Å²) in [5, 5.41) is 0. The van der Waals surface area contributed by atoms with Gasteiger partial charge in [0.2, 0.25) is 0 Å². The predicted octanol–water partition coefficient (Wildman–Crippen LogP) is 4.67. The first-order chi connectivity index (χ1) is 19.6. The van der Waals surface area contributed by atoms with E-state index >= 15 is 0 Å². The van der Waals surface area contributed by atoms with E-state index in [1.165, 1.54) is 44.9 Å². The highest BCUT2D eigenvalue weighted by Gasteiger charge is 2.03. The van der Waals surface area contributed by atoms with Crippen LogP contribution in [-0.4, -0.2) is 104 Å². The van der Waals surface area contributed by atoms with E-state index in [0.717, 1.165) is 12.8 Å². The number of hydrogen-bond acceptors (Lipinski definition) is 10. The van der Waals surface area contributed by atoms with Crippen molar-refractivity contribution in [1.29, 1.82) is 0 Å². The van der Waals surface area contributed by atoms with Crippen molar-refractivity contribution in [2.24, 2.45) is 0 Å². The van der Waals surface area contributed by atoms with E-state index in [1.807, 2.05) is 0 Å². The molecule has 0 aliphatic heterocycles. The van der Waals surface area contributed by atoms with Crippen LogP contribution in [0.2, 0.25) is 0 Å². The molecule has 0 saturated carbocycles. The third kappa shape index (κ3) is 31.0. The molecule has 0 aliphatic rings. The highest BCUT2D eigenvalue weighted by atomic mass is 16.6. The normalized spacial score (nSPS) is 11.1. The summed E-state index contributed by atoms with van der Waals surface area (Å²) in [5.74, 6) is -0.552. The maximum Gasteiger partial charge on any atom is 0.333 e. The van der Waals surface area contributed by atoms with Gasteiger partial charge in [0.15, 0.2) is 0 Å². The summed E-state index contributed by atoms with van der Waals surface area (Å²) in [6.07, 6.45) is 11.6. The van der Waals surface area contributed by atoms with Crippen LogP contribution in [0.3, 0.4) is 0 Å². The molecule has 10 nitrogen and oxygen atoms in total. The molecule has 0 aliphatic carbocycles. The largest absolute Gasteiger partial charge is 0.463 e. The Bertz CT molecular complexity index is 585. The average molecular weight is 577 g/mol. The van der Waals surface area contributed by atoms with Crippen molar-refractivity contribution in [1.82, 2.24) is 0 Å². The van der Waals surface area contributed by atoms with Crippen LogP contribution in [0.15, 0.2) is 12.2 Å². The van der Waals surface area contributed by atoms with Gasteiger partial charge in [-0.1, -0.05) is 64.9 Å². The lowest BCUT2D eigenvalue weighted by molar-refractivity contribution is -0.145. The van der Waals surface area contributed by atoms with E-state index in [0.29, 0.717) is 91.3 Å². The maximum atomic E-state index is 11.7. The second-order valence-electron chi connectivity index (χ2n) is 9.39. The number of ether oxygens (including phenoxy) is 8. The lowest BCUT2D eigenvalue weighted by Crippen LogP contribution is -2.15. The molecule has 0 heterocycles. The Morgan fingerprint density at radius 1 is 0.475 bits per heavy atom. The van der Waals surface area contributed by atoms with Crippen LogP contribution in [0.1, 0.15) is 78.1 Å². The summed E-state index contributed by atoms with van der Waals surface area (Å²) in [7, 11) is 0. The summed E-state index contributed by atoms with van der Waals surface area (Å²) < 4.78 is 42.5. The number of unbranched alkanes of at least 4 members (excludes halogenated alkanes) is 8. The Morgan fingerprint density at radius 2 is 0.800 bits per heavy atom. The first-order valence-corrected chi connectivity index (χ1v) is 15.0. The van der Waals surface area contributed by atoms with Crippen molar-refractivity contribution in [3.8, 4) is 0 Å². The number of hydrogen-bond donors (Lipinski definition) is 0. The zero-order valence-electron chi connectivity index (χ0n) is 25.3. The standard InChI is InChI=1S/C30H56O10/c1-4-5-6-7-8-9-10-11-12-13-29(31)39-26-24-37-22-20-35-18-16-33-14-15-34-17-19-36-21-23-38-25-27-40-30(32)28(2)3/h2,4-27H2,1,3H3. The predicted molar refractivity (Wildman–Crippen MR) is 153 cm³/mol. The van der Waals surface area contributed by atoms with Gasteiger partial charge in [0, 0.05) is 12.0 Å². The Morgan fingerprint density at radius 3 is 1.18 bits per heavy atom. The van der Waals surface area contributed by atoms with Crippen LogP contribution >= 0.6 is 0 Å². The summed E-state index contributed by atoms with van der Waals surface area (Å²) >= 11 is 0. The lowest BCUT2D eigenvalue weighted by Gasteiger charge is -2.09. The number of esters is 2.